The zero-order chi connectivity index (χ0) is 13.8. The van der Waals surface area contributed by atoms with Gasteiger partial charge in [0.2, 0.25) is 0 Å². The van der Waals surface area contributed by atoms with Gasteiger partial charge in [0, 0.05) is 31.6 Å². The monoisotopic (exact) mass is 260 g/mol. The maximum absolute atomic E-state index is 10.8. The number of nitrogens with zero attached hydrogens (tertiary/aromatic N) is 3. The van der Waals surface area contributed by atoms with Crippen LogP contribution in [0.5, 0.6) is 0 Å². The number of rotatable bonds is 6. The first-order chi connectivity index (χ1) is 9.13. The van der Waals surface area contributed by atoms with Crippen molar-refractivity contribution < 1.29 is 4.92 Å². The van der Waals surface area contributed by atoms with Gasteiger partial charge in [-0.25, -0.2) is 0 Å². The first-order valence-corrected chi connectivity index (χ1v) is 6.26. The molecule has 1 aliphatic rings. The van der Waals surface area contributed by atoms with Crippen LogP contribution in [0.25, 0.3) is 0 Å². The van der Waals surface area contributed by atoms with E-state index in [0.29, 0.717) is 25.6 Å². The van der Waals surface area contributed by atoms with Crippen molar-refractivity contribution in [3.05, 3.63) is 33.9 Å². The smallest absolute Gasteiger partial charge is 0.292 e. The van der Waals surface area contributed by atoms with Crippen molar-refractivity contribution in [3.8, 4) is 6.07 Å². The second-order valence-electron chi connectivity index (χ2n) is 4.72. The Morgan fingerprint density at radius 3 is 2.84 bits per heavy atom. The summed E-state index contributed by atoms with van der Waals surface area (Å²) in [4.78, 5) is 12.6. The molecular formula is C13H16N4O2. The molecule has 0 radical (unpaired) electrons. The predicted molar refractivity (Wildman–Crippen MR) is 71.2 cm³/mol. The van der Waals surface area contributed by atoms with Gasteiger partial charge in [-0.3, -0.25) is 15.0 Å². The molecule has 0 saturated heterocycles. The number of nitriles is 1. The molecule has 1 saturated carbocycles. The SMILES string of the molecule is N#CCCN(Cc1cccc([N+](=O)[O-])c1N)C1CC1. The van der Waals surface area contributed by atoms with Crippen molar-refractivity contribution in [1.82, 2.24) is 4.90 Å². The first kappa shape index (κ1) is 13.3. The second kappa shape index (κ2) is 5.67. The Morgan fingerprint density at radius 1 is 1.53 bits per heavy atom. The van der Waals surface area contributed by atoms with E-state index in [9.17, 15) is 10.1 Å². The van der Waals surface area contributed by atoms with Crippen LogP contribution in [0.2, 0.25) is 0 Å². The summed E-state index contributed by atoms with van der Waals surface area (Å²) >= 11 is 0. The second-order valence-corrected chi connectivity index (χ2v) is 4.72. The van der Waals surface area contributed by atoms with Gasteiger partial charge in [0.15, 0.2) is 0 Å². The molecule has 19 heavy (non-hydrogen) atoms. The van der Waals surface area contributed by atoms with Crippen molar-refractivity contribution in [2.75, 3.05) is 12.3 Å². The zero-order valence-corrected chi connectivity index (χ0v) is 10.6. The van der Waals surface area contributed by atoms with Crippen LogP contribution in [0.4, 0.5) is 11.4 Å². The molecule has 1 fully saturated rings. The van der Waals surface area contributed by atoms with Crippen molar-refractivity contribution in [3.63, 3.8) is 0 Å². The first-order valence-electron chi connectivity index (χ1n) is 6.26. The maximum atomic E-state index is 10.8. The van der Waals surface area contributed by atoms with Crippen LogP contribution in [-0.4, -0.2) is 22.4 Å². The Balaban J connectivity index is 2.15. The third-order valence-electron chi connectivity index (χ3n) is 3.32. The van der Waals surface area contributed by atoms with E-state index in [1.807, 2.05) is 6.07 Å². The Kier molecular flexibility index (Phi) is 3.97. The summed E-state index contributed by atoms with van der Waals surface area (Å²) in [6, 6.07) is 7.50. The number of nitrogens with two attached hydrogens (primary N) is 1. The third-order valence-corrected chi connectivity index (χ3v) is 3.32. The van der Waals surface area contributed by atoms with E-state index in [1.54, 1.807) is 6.07 Å². The van der Waals surface area contributed by atoms with Crippen LogP contribution in [0.3, 0.4) is 0 Å². The van der Waals surface area contributed by atoms with Crippen LogP contribution in [0.15, 0.2) is 18.2 Å². The number of para-hydroxylation sites is 1. The predicted octanol–water partition coefficient (Wildman–Crippen LogP) is 2.06. The van der Waals surface area contributed by atoms with E-state index < -0.39 is 4.92 Å². The van der Waals surface area contributed by atoms with Gasteiger partial charge in [-0.2, -0.15) is 5.26 Å². The maximum Gasteiger partial charge on any atom is 0.292 e. The largest absolute Gasteiger partial charge is 0.393 e. The van der Waals surface area contributed by atoms with Gasteiger partial charge >= 0.3 is 0 Å². The van der Waals surface area contributed by atoms with Crippen LogP contribution >= 0.6 is 0 Å². The lowest BCUT2D eigenvalue weighted by molar-refractivity contribution is -0.384. The van der Waals surface area contributed by atoms with Gasteiger partial charge in [-0.1, -0.05) is 12.1 Å². The molecule has 1 aromatic carbocycles. The lowest BCUT2D eigenvalue weighted by Crippen LogP contribution is -2.27. The molecule has 100 valence electrons. The number of anilines is 1. The van der Waals surface area contributed by atoms with Gasteiger partial charge < -0.3 is 5.73 Å². The summed E-state index contributed by atoms with van der Waals surface area (Å²) in [7, 11) is 0. The van der Waals surface area contributed by atoms with Crippen LogP contribution in [0.1, 0.15) is 24.8 Å². The lowest BCUT2D eigenvalue weighted by atomic mass is 10.1. The minimum atomic E-state index is -0.463. The fourth-order valence-electron chi connectivity index (χ4n) is 2.14. The van der Waals surface area contributed by atoms with Crippen LogP contribution in [-0.2, 0) is 6.54 Å². The molecule has 0 aliphatic heterocycles. The minimum absolute atomic E-state index is 0.0477. The van der Waals surface area contributed by atoms with Crippen molar-refractivity contribution in [2.24, 2.45) is 0 Å². The Morgan fingerprint density at radius 2 is 2.26 bits per heavy atom. The minimum Gasteiger partial charge on any atom is -0.393 e. The number of benzene rings is 1. The van der Waals surface area contributed by atoms with E-state index in [0.717, 1.165) is 18.4 Å². The van der Waals surface area contributed by atoms with Gasteiger partial charge in [-0.15, -0.1) is 0 Å². The fourth-order valence-corrected chi connectivity index (χ4v) is 2.14. The highest BCUT2D eigenvalue weighted by Crippen LogP contribution is 2.31. The average molecular weight is 260 g/mol. The van der Waals surface area contributed by atoms with Crippen molar-refractivity contribution in [2.45, 2.75) is 31.8 Å². The topological polar surface area (TPSA) is 96.2 Å². The van der Waals surface area contributed by atoms with Crippen LogP contribution < -0.4 is 5.73 Å². The molecule has 0 aromatic heterocycles. The number of nitro benzene ring substituents is 1. The molecule has 0 unspecified atom stereocenters. The Bertz CT molecular complexity index is 520. The number of hydrogen-bond acceptors (Lipinski definition) is 5. The highest BCUT2D eigenvalue weighted by molar-refractivity contribution is 5.62. The summed E-state index contributed by atoms with van der Waals surface area (Å²) < 4.78 is 0. The molecule has 0 atom stereocenters. The highest BCUT2D eigenvalue weighted by Gasteiger charge is 2.29. The number of nitro groups is 1. The summed E-state index contributed by atoms with van der Waals surface area (Å²) in [6.07, 6.45) is 2.71. The molecule has 2 rings (SSSR count). The molecule has 6 nitrogen and oxygen atoms in total. The molecule has 2 N–H and O–H groups in total. The van der Waals surface area contributed by atoms with Crippen LogP contribution in [0, 0.1) is 21.4 Å². The molecule has 0 bridgehead atoms. The van der Waals surface area contributed by atoms with Gasteiger partial charge in [0.1, 0.15) is 5.69 Å². The summed E-state index contributed by atoms with van der Waals surface area (Å²) in [5.74, 6) is 0. The van der Waals surface area contributed by atoms with Crippen molar-refractivity contribution in [1.29, 1.82) is 5.26 Å². The molecular weight excluding hydrogens is 244 g/mol. The Labute approximate surface area is 111 Å². The summed E-state index contributed by atoms with van der Waals surface area (Å²) in [6.45, 7) is 1.25. The van der Waals surface area contributed by atoms with E-state index in [1.165, 1.54) is 6.07 Å². The quantitative estimate of drug-likeness (QED) is 0.479. The third kappa shape index (κ3) is 3.20. The molecule has 0 amide bonds. The number of nitrogen functional groups attached to an aromatic ring is 1. The average Bonchev–Trinajstić information content (AvgIpc) is 3.20. The summed E-state index contributed by atoms with van der Waals surface area (Å²) in [5.41, 5.74) is 6.80. The van der Waals surface area contributed by atoms with E-state index >= 15 is 0 Å². The molecule has 0 heterocycles. The molecule has 6 heteroatoms. The van der Waals surface area contributed by atoms with Gasteiger partial charge in [-0.05, 0) is 18.4 Å². The molecule has 1 aromatic rings. The normalized spacial score (nSPS) is 14.3. The van der Waals surface area contributed by atoms with E-state index in [2.05, 4.69) is 11.0 Å². The Hall–Kier alpha value is -2.13. The molecule has 1 aliphatic carbocycles. The van der Waals surface area contributed by atoms with Crippen molar-refractivity contribution >= 4 is 11.4 Å². The van der Waals surface area contributed by atoms with Gasteiger partial charge in [0.25, 0.3) is 5.69 Å². The molecule has 0 spiro atoms. The standard InChI is InChI=1S/C13H16N4O2/c14-7-2-8-16(11-5-6-11)9-10-3-1-4-12(13(10)15)17(18)19/h1,3-4,11H,2,5-6,8-9,15H2. The summed E-state index contributed by atoms with van der Waals surface area (Å²) in [5, 5.41) is 19.5. The number of hydrogen-bond donors (Lipinski definition) is 1. The fraction of sp³-hybridized carbons (Fsp3) is 0.462. The highest BCUT2D eigenvalue weighted by atomic mass is 16.6. The van der Waals surface area contributed by atoms with E-state index in [-0.39, 0.29) is 11.4 Å². The van der Waals surface area contributed by atoms with Gasteiger partial charge in [0.05, 0.1) is 11.0 Å². The zero-order valence-electron chi connectivity index (χ0n) is 10.6. The lowest BCUT2D eigenvalue weighted by Gasteiger charge is -2.21. The van der Waals surface area contributed by atoms with E-state index in [4.69, 9.17) is 11.0 Å².